The zero-order valence-corrected chi connectivity index (χ0v) is 16.5. The number of carbonyl (C=O) groups is 1. The van der Waals surface area contributed by atoms with E-state index in [0.29, 0.717) is 18.7 Å². The van der Waals surface area contributed by atoms with Crippen LogP contribution < -0.4 is 10.1 Å². The molecule has 0 radical (unpaired) electrons. The minimum Gasteiger partial charge on any atom is -0.481 e. The summed E-state index contributed by atoms with van der Waals surface area (Å²) in [6.45, 7) is 11.1. The largest absolute Gasteiger partial charge is 0.481 e. The van der Waals surface area contributed by atoms with E-state index in [1.54, 1.807) is 11.3 Å². The van der Waals surface area contributed by atoms with Gasteiger partial charge in [0.1, 0.15) is 6.10 Å². The highest BCUT2D eigenvalue weighted by Gasteiger charge is 2.26. The smallest absolute Gasteiger partial charge is 0.317 e. The minimum absolute atomic E-state index is 0.0597. The molecular formula is C19H31N3O2S. The van der Waals surface area contributed by atoms with Crippen LogP contribution in [0.15, 0.2) is 6.07 Å². The molecule has 1 fully saturated rings. The number of hydrogen-bond acceptors (Lipinski definition) is 4. The monoisotopic (exact) mass is 365 g/mol. The Bertz CT molecular complexity index is 579. The lowest BCUT2D eigenvalue weighted by molar-refractivity contribution is 0.0868. The molecule has 0 unspecified atom stereocenters. The van der Waals surface area contributed by atoms with Crippen LogP contribution >= 0.6 is 11.3 Å². The van der Waals surface area contributed by atoms with E-state index in [9.17, 15) is 4.79 Å². The zero-order chi connectivity index (χ0) is 17.8. The Morgan fingerprint density at radius 1 is 1.36 bits per heavy atom. The third-order valence-corrected chi connectivity index (χ3v) is 6.22. The Morgan fingerprint density at radius 3 is 2.80 bits per heavy atom. The van der Waals surface area contributed by atoms with E-state index in [0.717, 1.165) is 56.9 Å². The van der Waals surface area contributed by atoms with Crippen molar-refractivity contribution in [3.05, 3.63) is 16.5 Å². The van der Waals surface area contributed by atoms with E-state index in [1.165, 1.54) is 10.4 Å². The summed E-state index contributed by atoms with van der Waals surface area (Å²) in [4.78, 5) is 17.9. The molecule has 2 aliphatic rings. The normalized spacial score (nSPS) is 19.1. The van der Waals surface area contributed by atoms with Crippen molar-refractivity contribution in [1.29, 1.82) is 0 Å². The van der Waals surface area contributed by atoms with Crippen LogP contribution in [-0.2, 0) is 13.0 Å². The fraction of sp³-hybridized carbons (Fsp3) is 0.737. The van der Waals surface area contributed by atoms with Crippen molar-refractivity contribution in [2.75, 3.05) is 26.2 Å². The van der Waals surface area contributed by atoms with Crippen molar-refractivity contribution in [2.24, 2.45) is 0 Å². The predicted octanol–water partition coefficient (Wildman–Crippen LogP) is 3.48. The summed E-state index contributed by atoms with van der Waals surface area (Å²) in [7, 11) is 0. The van der Waals surface area contributed by atoms with Crippen molar-refractivity contribution >= 4 is 17.4 Å². The number of nitrogens with zero attached hydrogens (tertiary/aromatic N) is 2. The predicted molar refractivity (Wildman–Crippen MR) is 102 cm³/mol. The quantitative estimate of drug-likeness (QED) is 0.869. The molecule has 2 amide bonds. The molecule has 0 aliphatic carbocycles. The average molecular weight is 366 g/mol. The number of urea groups is 1. The van der Waals surface area contributed by atoms with Crippen LogP contribution in [0.1, 0.15) is 50.5 Å². The first kappa shape index (κ1) is 18.5. The Labute approximate surface area is 155 Å². The number of thiophene rings is 1. The van der Waals surface area contributed by atoms with Gasteiger partial charge in [0.25, 0.3) is 0 Å². The van der Waals surface area contributed by atoms with E-state index in [1.807, 2.05) is 4.90 Å². The van der Waals surface area contributed by atoms with Gasteiger partial charge in [0.05, 0.1) is 6.54 Å². The third kappa shape index (κ3) is 4.67. The number of likely N-dealkylation sites (tertiary alicyclic amines) is 1. The first-order valence-corrected chi connectivity index (χ1v) is 10.4. The van der Waals surface area contributed by atoms with Gasteiger partial charge in [0.2, 0.25) is 0 Å². The maximum Gasteiger partial charge on any atom is 0.317 e. The van der Waals surface area contributed by atoms with Crippen molar-refractivity contribution in [2.45, 2.75) is 65.1 Å². The highest BCUT2D eigenvalue weighted by molar-refractivity contribution is 7.14. The fourth-order valence-corrected chi connectivity index (χ4v) is 4.68. The minimum atomic E-state index is 0.0597. The molecule has 0 bridgehead atoms. The highest BCUT2D eigenvalue weighted by atomic mass is 32.1. The standard InChI is InChI=1S/C19H31N3O2S/c1-4-8-20-19(23)22-9-5-15-12-18(25-17(15)13-22)24-16-6-10-21(11-7-16)14(2)3/h12,14,16H,4-11,13H2,1-3H3,(H,20,23). The van der Waals surface area contributed by atoms with Crippen molar-refractivity contribution < 1.29 is 9.53 Å². The second kappa shape index (κ2) is 8.41. The number of piperidine rings is 1. The van der Waals surface area contributed by atoms with Crippen molar-refractivity contribution in [1.82, 2.24) is 15.1 Å². The van der Waals surface area contributed by atoms with Crippen LogP contribution in [0.2, 0.25) is 0 Å². The van der Waals surface area contributed by atoms with Gasteiger partial charge in [-0.1, -0.05) is 6.92 Å². The van der Waals surface area contributed by atoms with Gasteiger partial charge >= 0.3 is 6.03 Å². The molecule has 2 aliphatic heterocycles. The van der Waals surface area contributed by atoms with Gasteiger partial charge in [-0.05, 0) is 51.2 Å². The van der Waals surface area contributed by atoms with Gasteiger partial charge in [0.15, 0.2) is 5.06 Å². The third-order valence-electron chi connectivity index (χ3n) is 5.16. The van der Waals surface area contributed by atoms with Gasteiger partial charge in [-0.25, -0.2) is 4.79 Å². The molecule has 1 aromatic rings. The number of fused-ring (bicyclic) bond motifs is 1. The summed E-state index contributed by atoms with van der Waals surface area (Å²) in [6, 6.07) is 2.89. The molecule has 3 rings (SSSR count). The summed E-state index contributed by atoms with van der Waals surface area (Å²) in [5.41, 5.74) is 1.36. The number of amides is 2. The van der Waals surface area contributed by atoms with Gasteiger partial charge < -0.3 is 19.9 Å². The molecule has 3 heterocycles. The number of hydrogen-bond donors (Lipinski definition) is 1. The molecule has 25 heavy (non-hydrogen) atoms. The summed E-state index contributed by atoms with van der Waals surface area (Å²) in [5, 5.41) is 4.01. The molecule has 0 atom stereocenters. The topological polar surface area (TPSA) is 44.8 Å². The molecular weight excluding hydrogens is 334 g/mol. The van der Waals surface area contributed by atoms with Crippen LogP contribution in [0.5, 0.6) is 5.06 Å². The van der Waals surface area contributed by atoms with Crippen LogP contribution in [0, 0.1) is 0 Å². The van der Waals surface area contributed by atoms with Crippen molar-refractivity contribution in [3.63, 3.8) is 0 Å². The summed E-state index contributed by atoms with van der Waals surface area (Å²) < 4.78 is 6.27. The van der Waals surface area contributed by atoms with Crippen LogP contribution in [0.25, 0.3) is 0 Å². The van der Waals surface area contributed by atoms with E-state index in [2.05, 4.69) is 37.1 Å². The Kier molecular flexibility index (Phi) is 6.23. The van der Waals surface area contributed by atoms with Crippen LogP contribution in [0.4, 0.5) is 4.79 Å². The van der Waals surface area contributed by atoms with Gasteiger partial charge in [-0.3, -0.25) is 0 Å². The van der Waals surface area contributed by atoms with Gasteiger partial charge in [-0.2, -0.15) is 0 Å². The fourth-order valence-electron chi connectivity index (χ4n) is 3.54. The molecule has 5 nitrogen and oxygen atoms in total. The summed E-state index contributed by atoms with van der Waals surface area (Å²) in [5.74, 6) is 0. The molecule has 140 valence electrons. The van der Waals surface area contributed by atoms with Crippen LogP contribution in [-0.4, -0.2) is 54.2 Å². The zero-order valence-electron chi connectivity index (χ0n) is 15.7. The average Bonchev–Trinajstić information content (AvgIpc) is 3.01. The van der Waals surface area contributed by atoms with E-state index in [-0.39, 0.29) is 6.03 Å². The summed E-state index contributed by atoms with van der Waals surface area (Å²) in [6.07, 6.45) is 4.44. The molecule has 0 saturated carbocycles. The van der Waals surface area contributed by atoms with E-state index >= 15 is 0 Å². The van der Waals surface area contributed by atoms with Crippen molar-refractivity contribution in [3.8, 4) is 5.06 Å². The lowest BCUT2D eigenvalue weighted by Crippen LogP contribution is -2.42. The Morgan fingerprint density at radius 2 is 2.12 bits per heavy atom. The lowest BCUT2D eigenvalue weighted by Gasteiger charge is -2.34. The second-order valence-corrected chi connectivity index (χ2v) is 8.46. The first-order chi connectivity index (χ1) is 12.1. The SMILES string of the molecule is CCCNC(=O)N1CCc2cc(OC3CCN(C(C)C)CC3)sc2C1. The van der Waals surface area contributed by atoms with Crippen LogP contribution in [0.3, 0.4) is 0 Å². The lowest BCUT2D eigenvalue weighted by atomic mass is 10.1. The Balaban J connectivity index is 1.53. The molecule has 6 heteroatoms. The number of rotatable bonds is 5. The number of ether oxygens (including phenoxy) is 1. The Hall–Kier alpha value is -1.27. The maximum atomic E-state index is 12.2. The van der Waals surface area contributed by atoms with E-state index < -0.39 is 0 Å². The van der Waals surface area contributed by atoms with E-state index in [4.69, 9.17) is 4.74 Å². The maximum absolute atomic E-state index is 12.2. The molecule has 1 saturated heterocycles. The highest BCUT2D eigenvalue weighted by Crippen LogP contribution is 2.35. The molecule has 1 aromatic heterocycles. The molecule has 0 spiro atoms. The summed E-state index contributed by atoms with van der Waals surface area (Å²) >= 11 is 1.72. The second-order valence-electron chi connectivity index (χ2n) is 7.36. The van der Waals surface area contributed by atoms with Gasteiger partial charge in [0, 0.05) is 37.1 Å². The molecule has 0 aromatic carbocycles. The molecule has 1 N–H and O–H groups in total. The van der Waals surface area contributed by atoms with Gasteiger partial charge in [-0.15, -0.1) is 11.3 Å². The number of carbonyl (C=O) groups excluding carboxylic acids is 1. The first-order valence-electron chi connectivity index (χ1n) is 9.62. The number of nitrogens with one attached hydrogen (secondary N) is 1.